The van der Waals surface area contributed by atoms with Crippen molar-refractivity contribution < 1.29 is 4.74 Å². The minimum Gasteiger partial charge on any atom is -0.358 e. The van der Waals surface area contributed by atoms with Crippen LogP contribution < -0.4 is 0 Å². The van der Waals surface area contributed by atoms with Crippen LogP contribution in [0.4, 0.5) is 0 Å². The second-order valence-electron chi connectivity index (χ2n) is 2.04. The monoisotopic (exact) mass is 115 g/mol. The highest BCUT2D eigenvalue weighted by molar-refractivity contribution is 5.53. The molecule has 0 rings (SSSR count). The predicted molar refractivity (Wildman–Crippen MR) is 35.3 cm³/mol. The van der Waals surface area contributed by atoms with Crippen LogP contribution in [0.25, 0.3) is 0 Å². The van der Waals surface area contributed by atoms with Gasteiger partial charge in [0.25, 0.3) is 0 Å². The zero-order valence-corrected chi connectivity index (χ0v) is 5.93. The maximum absolute atomic E-state index is 4.98. The molecule has 48 valence electrons. The van der Waals surface area contributed by atoms with Crippen molar-refractivity contribution >= 4 is 6.21 Å². The van der Waals surface area contributed by atoms with Crippen LogP contribution in [0.15, 0.2) is 4.99 Å². The fourth-order valence-electron chi connectivity index (χ4n) is 0.364. The molecule has 0 fully saturated rings. The Kier molecular flexibility index (Phi) is 2.69. The van der Waals surface area contributed by atoms with E-state index < -0.39 is 0 Å². The molecule has 0 aliphatic carbocycles. The van der Waals surface area contributed by atoms with E-state index in [0.29, 0.717) is 0 Å². The summed E-state index contributed by atoms with van der Waals surface area (Å²) in [6.07, 6.45) is 1.74. The summed E-state index contributed by atoms with van der Waals surface area (Å²) in [6.45, 7) is 5.70. The lowest BCUT2D eigenvalue weighted by Crippen LogP contribution is -2.18. The number of methoxy groups -OCH3 is 1. The summed E-state index contributed by atoms with van der Waals surface area (Å²) >= 11 is 0. The topological polar surface area (TPSA) is 21.6 Å². The van der Waals surface area contributed by atoms with Gasteiger partial charge in [-0.15, -0.1) is 0 Å². The molecule has 8 heavy (non-hydrogen) atoms. The molecule has 0 unspecified atom stereocenters. The van der Waals surface area contributed by atoms with E-state index in [9.17, 15) is 0 Å². The first kappa shape index (κ1) is 7.63. The van der Waals surface area contributed by atoms with Gasteiger partial charge in [0.1, 0.15) is 0 Å². The minimum atomic E-state index is -0.339. The minimum absolute atomic E-state index is 0.339. The van der Waals surface area contributed by atoms with Crippen molar-refractivity contribution in [3.05, 3.63) is 0 Å². The molecular weight excluding hydrogens is 102 g/mol. The number of ether oxygens (including phenoxy) is 1. The SMILES string of the molecule is C/C=N/C(C)(C)OC. The first-order valence-electron chi connectivity index (χ1n) is 2.67. The molecule has 0 aromatic carbocycles. The van der Waals surface area contributed by atoms with Gasteiger partial charge in [0.2, 0.25) is 0 Å². The maximum atomic E-state index is 4.98. The number of nitrogens with zero attached hydrogens (tertiary/aromatic N) is 1. The van der Waals surface area contributed by atoms with E-state index in [0.717, 1.165) is 0 Å². The lowest BCUT2D eigenvalue weighted by molar-refractivity contribution is 0.0314. The second-order valence-corrected chi connectivity index (χ2v) is 2.04. The summed E-state index contributed by atoms with van der Waals surface area (Å²) in [5.41, 5.74) is -0.339. The van der Waals surface area contributed by atoms with Gasteiger partial charge in [0.15, 0.2) is 5.72 Å². The van der Waals surface area contributed by atoms with Crippen molar-refractivity contribution in [3.8, 4) is 0 Å². The van der Waals surface area contributed by atoms with Gasteiger partial charge < -0.3 is 4.74 Å². The van der Waals surface area contributed by atoms with E-state index in [1.807, 2.05) is 20.8 Å². The van der Waals surface area contributed by atoms with Gasteiger partial charge >= 0.3 is 0 Å². The van der Waals surface area contributed by atoms with Crippen molar-refractivity contribution in [2.75, 3.05) is 7.11 Å². The van der Waals surface area contributed by atoms with Gasteiger partial charge in [-0.3, -0.25) is 4.99 Å². The quantitative estimate of drug-likeness (QED) is 0.499. The van der Waals surface area contributed by atoms with Crippen LogP contribution in [0.1, 0.15) is 20.8 Å². The number of aliphatic imine (C=N–C) groups is 1. The number of hydrogen-bond acceptors (Lipinski definition) is 2. The van der Waals surface area contributed by atoms with E-state index >= 15 is 0 Å². The molecule has 0 aliphatic heterocycles. The lowest BCUT2D eigenvalue weighted by atomic mass is 10.3. The van der Waals surface area contributed by atoms with Gasteiger partial charge in [0.05, 0.1) is 0 Å². The van der Waals surface area contributed by atoms with E-state index in [2.05, 4.69) is 4.99 Å². The van der Waals surface area contributed by atoms with Crippen molar-refractivity contribution in [3.63, 3.8) is 0 Å². The molecule has 0 heterocycles. The number of hydrogen-bond donors (Lipinski definition) is 0. The van der Waals surface area contributed by atoms with Crippen LogP contribution >= 0.6 is 0 Å². The molecule has 2 nitrogen and oxygen atoms in total. The molecule has 0 aliphatic rings. The molecule has 0 saturated carbocycles. The summed E-state index contributed by atoms with van der Waals surface area (Å²) in [6, 6.07) is 0. The average molecular weight is 115 g/mol. The number of rotatable bonds is 2. The van der Waals surface area contributed by atoms with Gasteiger partial charge in [-0.2, -0.15) is 0 Å². The third kappa shape index (κ3) is 2.75. The second kappa shape index (κ2) is 2.82. The largest absolute Gasteiger partial charge is 0.358 e. The summed E-state index contributed by atoms with van der Waals surface area (Å²) in [5.74, 6) is 0. The Balaban J connectivity index is 3.71. The van der Waals surface area contributed by atoms with Crippen LogP contribution in [0.2, 0.25) is 0 Å². The molecule has 0 atom stereocenters. The zero-order chi connectivity index (χ0) is 6.62. The summed E-state index contributed by atoms with van der Waals surface area (Å²) in [7, 11) is 1.65. The van der Waals surface area contributed by atoms with Gasteiger partial charge in [0, 0.05) is 7.11 Å². The van der Waals surface area contributed by atoms with Crippen molar-refractivity contribution in [2.24, 2.45) is 4.99 Å². The molecule has 0 spiro atoms. The smallest absolute Gasteiger partial charge is 0.152 e. The normalized spacial score (nSPS) is 13.0. The molecule has 0 radical (unpaired) electrons. The van der Waals surface area contributed by atoms with Crippen LogP contribution in [0.3, 0.4) is 0 Å². The molecule has 0 aromatic rings. The van der Waals surface area contributed by atoms with Crippen molar-refractivity contribution in [1.29, 1.82) is 0 Å². The Morgan fingerprint density at radius 2 is 2.00 bits per heavy atom. The van der Waals surface area contributed by atoms with Crippen LogP contribution in [0.5, 0.6) is 0 Å². The van der Waals surface area contributed by atoms with E-state index in [1.54, 1.807) is 13.3 Å². The Morgan fingerprint density at radius 1 is 1.50 bits per heavy atom. The van der Waals surface area contributed by atoms with Gasteiger partial charge in [-0.1, -0.05) is 0 Å². The zero-order valence-electron chi connectivity index (χ0n) is 5.93. The molecule has 0 N–H and O–H groups in total. The molecule has 0 saturated heterocycles. The lowest BCUT2D eigenvalue weighted by Gasteiger charge is -2.15. The molecule has 2 heteroatoms. The van der Waals surface area contributed by atoms with Gasteiger partial charge in [-0.05, 0) is 27.0 Å². The Hall–Kier alpha value is -0.370. The van der Waals surface area contributed by atoms with Crippen LogP contribution in [-0.2, 0) is 4.74 Å². The summed E-state index contributed by atoms with van der Waals surface area (Å²) < 4.78 is 4.98. The third-order valence-corrected chi connectivity index (χ3v) is 0.940. The van der Waals surface area contributed by atoms with E-state index in [1.165, 1.54) is 0 Å². The molecular formula is C6H13NO. The summed E-state index contributed by atoms with van der Waals surface area (Å²) in [4.78, 5) is 4.03. The molecule has 0 bridgehead atoms. The Bertz CT molecular complexity index is 86.5. The van der Waals surface area contributed by atoms with Crippen LogP contribution in [-0.4, -0.2) is 19.0 Å². The molecule has 0 amide bonds. The van der Waals surface area contributed by atoms with Gasteiger partial charge in [-0.25, -0.2) is 0 Å². The van der Waals surface area contributed by atoms with E-state index in [-0.39, 0.29) is 5.72 Å². The standard InChI is InChI=1S/C6H13NO/c1-5-7-6(2,3)8-4/h5H,1-4H3/b7-5+. The van der Waals surface area contributed by atoms with Crippen molar-refractivity contribution in [2.45, 2.75) is 26.5 Å². The fraction of sp³-hybridized carbons (Fsp3) is 0.833. The van der Waals surface area contributed by atoms with Crippen molar-refractivity contribution in [1.82, 2.24) is 0 Å². The highest BCUT2D eigenvalue weighted by Gasteiger charge is 2.10. The predicted octanol–water partition coefficient (Wildman–Crippen LogP) is 1.46. The Labute approximate surface area is 50.6 Å². The Morgan fingerprint density at radius 3 is 2.12 bits per heavy atom. The highest BCUT2D eigenvalue weighted by atomic mass is 16.5. The summed E-state index contributed by atoms with van der Waals surface area (Å²) in [5, 5.41) is 0. The molecule has 0 aromatic heterocycles. The van der Waals surface area contributed by atoms with E-state index in [4.69, 9.17) is 4.74 Å². The first-order chi connectivity index (χ1) is 3.62. The third-order valence-electron chi connectivity index (χ3n) is 0.940. The maximum Gasteiger partial charge on any atom is 0.152 e. The van der Waals surface area contributed by atoms with Crippen LogP contribution in [0, 0.1) is 0 Å². The average Bonchev–Trinajstić information content (AvgIpc) is 1.67. The fourth-order valence-corrected chi connectivity index (χ4v) is 0.364. The highest BCUT2D eigenvalue weighted by Crippen LogP contribution is 2.06. The first-order valence-corrected chi connectivity index (χ1v) is 2.67.